The van der Waals surface area contributed by atoms with Crippen LogP contribution in [0.2, 0.25) is 0 Å². The van der Waals surface area contributed by atoms with Gasteiger partial charge in [0.15, 0.2) is 5.25 Å². The number of nitrogens with zero attached hydrogens (tertiary/aromatic N) is 1. The Hall–Kier alpha value is -0.660. The Balaban J connectivity index is 2.23. The number of morpholine rings is 1. The van der Waals surface area contributed by atoms with E-state index in [0.717, 1.165) is 25.7 Å². The normalized spacial score (nSPS) is 31.6. The van der Waals surface area contributed by atoms with Crippen molar-refractivity contribution in [3.8, 4) is 0 Å². The number of carbonyl (C=O) groups is 1. The van der Waals surface area contributed by atoms with E-state index in [-0.39, 0.29) is 18.7 Å². The van der Waals surface area contributed by atoms with Crippen molar-refractivity contribution in [1.29, 1.82) is 0 Å². The maximum atomic E-state index is 12.3. The van der Waals surface area contributed by atoms with Crippen LogP contribution in [0.4, 0.5) is 0 Å². The highest BCUT2D eigenvalue weighted by molar-refractivity contribution is 7.90. The molecule has 1 saturated heterocycles. The Labute approximate surface area is 107 Å². The third-order valence-electron chi connectivity index (χ3n) is 3.80. The van der Waals surface area contributed by atoms with Gasteiger partial charge in [0.2, 0.25) is 10.0 Å². The number of fused-ring (bicyclic) bond motifs is 1. The monoisotopic (exact) mass is 277 g/mol. The molecule has 3 unspecified atom stereocenters. The Morgan fingerprint density at radius 1 is 1.39 bits per heavy atom. The van der Waals surface area contributed by atoms with Crippen molar-refractivity contribution in [3.63, 3.8) is 0 Å². The first-order valence-electron chi connectivity index (χ1n) is 6.29. The topological polar surface area (TPSA) is 83.9 Å². The van der Waals surface area contributed by atoms with E-state index in [0.29, 0.717) is 6.61 Å². The summed E-state index contributed by atoms with van der Waals surface area (Å²) in [6.07, 6.45) is 3.57. The molecule has 104 valence electrons. The molecule has 0 aromatic heterocycles. The van der Waals surface area contributed by atoms with E-state index in [2.05, 4.69) is 0 Å². The van der Waals surface area contributed by atoms with E-state index >= 15 is 0 Å². The summed E-state index contributed by atoms with van der Waals surface area (Å²) in [6.45, 7) is 1.85. The fourth-order valence-electron chi connectivity index (χ4n) is 2.71. The zero-order chi connectivity index (χ0) is 13.3. The third-order valence-corrected chi connectivity index (χ3v) is 6.00. The molecule has 2 aliphatic rings. The van der Waals surface area contributed by atoms with Gasteiger partial charge in [0.05, 0.1) is 18.8 Å². The van der Waals surface area contributed by atoms with Gasteiger partial charge in [0.1, 0.15) is 0 Å². The summed E-state index contributed by atoms with van der Waals surface area (Å²) in [5, 5.41) is 7.52. The minimum atomic E-state index is -3.78. The first kappa shape index (κ1) is 13.8. The summed E-state index contributed by atoms with van der Waals surface area (Å²) in [7, 11) is -3.78. The molecule has 1 N–H and O–H groups in total. The van der Waals surface area contributed by atoms with Gasteiger partial charge in [-0.25, -0.2) is 8.42 Å². The van der Waals surface area contributed by atoms with Crippen molar-refractivity contribution >= 4 is 16.0 Å². The molecule has 1 heterocycles. The van der Waals surface area contributed by atoms with Crippen molar-refractivity contribution in [2.24, 2.45) is 0 Å². The Morgan fingerprint density at radius 2 is 2.06 bits per heavy atom. The lowest BCUT2D eigenvalue weighted by atomic mass is 9.91. The number of carboxylic acid groups (broad SMARTS) is 1. The van der Waals surface area contributed by atoms with Crippen LogP contribution < -0.4 is 0 Å². The lowest BCUT2D eigenvalue weighted by molar-refractivity contribution is -0.136. The van der Waals surface area contributed by atoms with E-state index in [1.54, 1.807) is 0 Å². The van der Waals surface area contributed by atoms with Crippen LogP contribution in [-0.4, -0.2) is 54.3 Å². The third kappa shape index (κ3) is 2.39. The lowest BCUT2D eigenvalue weighted by Gasteiger charge is -2.43. The van der Waals surface area contributed by atoms with Crippen LogP contribution >= 0.6 is 0 Å². The molecule has 6 nitrogen and oxygen atoms in total. The van der Waals surface area contributed by atoms with E-state index in [9.17, 15) is 13.2 Å². The number of rotatable bonds is 3. The van der Waals surface area contributed by atoms with E-state index in [4.69, 9.17) is 9.84 Å². The predicted octanol–water partition coefficient (Wildman–Crippen LogP) is 0.433. The van der Waals surface area contributed by atoms with E-state index in [1.807, 2.05) is 0 Å². The molecule has 0 radical (unpaired) electrons. The SMILES string of the molecule is CC(C(=O)O)S(=O)(=O)N1CCOC2CCCCC21. The number of sulfonamides is 1. The minimum Gasteiger partial charge on any atom is -0.480 e. The van der Waals surface area contributed by atoms with E-state index in [1.165, 1.54) is 11.2 Å². The van der Waals surface area contributed by atoms with Gasteiger partial charge in [0.25, 0.3) is 0 Å². The highest BCUT2D eigenvalue weighted by Gasteiger charge is 2.43. The first-order valence-corrected chi connectivity index (χ1v) is 7.80. The summed E-state index contributed by atoms with van der Waals surface area (Å²) < 4.78 is 31.5. The van der Waals surface area contributed by atoms with Crippen LogP contribution in [0.5, 0.6) is 0 Å². The Morgan fingerprint density at radius 3 is 2.72 bits per heavy atom. The van der Waals surface area contributed by atoms with Crippen molar-refractivity contribution in [3.05, 3.63) is 0 Å². The molecule has 0 amide bonds. The van der Waals surface area contributed by atoms with Gasteiger partial charge in [-0.15, -0.1) is 0 Å². The molecule has 2 rings (SSSR count). The largest absolute Gasteiger partial charge is 0.480 e. The van der Waals surface area contributed by atoms with Crippen molar-refractivity contribution in [2.45, 2.75) is 50.0 Å². The molecule has 18 heavy (non-hydrogen) atoms. The van der Waals surface area contributed by atoms with Gasteiger partial charge in [-0.2, -0.15) is 4.31 Å². The second-order valence-corrected chi connectivity index (χ2v) is 7.10. The van der Waals surface area contributed by atoms with Crippen molar-refractivity contribution in [1.82, 2.24) is 4.31 Å². The van der Waals surface area contributed by atoms with Crippen LogP contribution in [0.25, 0.3) is 0 Å². The fourth-order valence-corrected chi connectivity index (χ4v) is 4.32. The molecule has 1 saturated carbocycles. The average Bonchev–Trinajstić information content (AvgIpc) is 2.36. The van der Waals surface area contributed by atoms with Crippen molar-refractivity contribution in [2.75, 3.05) is 13.2 Å². The molecule has 7 heteroatoms. The smallest absolute Gasteiger partial charge is 0.323 e. The average molecular weight is 277 g/mol. The number of aliphatic carboxylic acids is 1. The van der Waals surface area contributed by atoms with Crippen LogP contribution in [0.1, 0.15) is 32.6 Å². The summed E-state index contributed by atoms with van der Waals surface area (Å²) in [5.41, 5.74) is 0. The van der Waals surface area contributed by atoms with Gasteiger partial charge in [-0.05, 0) is 19.8 Å². The highest BCUT2D eigenvalue weighted by Crippen LogP contribution is 2.31. The van der Waals surface area contributed by atoms with Crippen LogP contribution in [-0.2, 0) is 19.6 Å². The highest BCUT2D eigenvalue weighted by atomic mass is 32.2. The molecule has 3 atom stereocenters. The van der Waals surface area contributed by atoms with Crippen LogP contribution in [0.3, 0.4) is 0 Å². The molecule has 2 fully saturated rings. The molecule has 0 bridgehead atoms. The molecule has 0 aromatic rings. The zero-order valence-corrected chi connectivity index (χ0v) is 11.2. The summed E-state index contributed by atoms with van der Waals surface area (Å²) >= 11 is 0. The second kappa shape index (κ2) is 5.14. The fraction of sp³-hybridized carbons (Fsp3) is 0.909. The molecule has 1 aliphatic carbocycles. The molecule has 1 aliphatic heterocycles. The standard InChI is InChI=1S/C11H19NO5S/c1-8(11(13)14)18(15,16)12-6-7-17-10-5-3-2-4-9(10)12/h8-10H,2-7H2,1H3,(H,13,14). The number of hydrogen-bond donors (Lipinski definition) is 1. The summed E-state index contributed by atoms with van der Waals surface area (Å²) in [5.74, 6) is -1.30. The second-order valence-electron chi connectivity index (χ2n) is 4.90. The van der Waals surface area contributed by atoms with E-state index < -0.39 is 21.2 Å². The molecular weight excluding hydrogens is 258 g/mol. The predicted molar refractivity (Wildman–Crippen MR) is 64.7 cm³/mol. The quantitative estimate of drug-likeness (QED) is 0.809. The van der Waals surface area contributed by atoms with Crippen LogP contribution in [0, 0.1) is 0 Å². The van der Waals surface area contributed by atoms with Crippen LogP contribution in [0.15, 0.2) is 0 Å². The van der Waals surface area contributed by atoms with Crippen molar-refractivity contribution < 1.29 is 23.1 Å². The van der Waals surface area contributed by atoms with Gasteiger partial charge < -0.3 is 9.84 Å². The molecule has 0 spiro atoms. The zero-order valence-electron chi connectivity index (χ0n) is 10.4. The number of carboxylic acids is 1. The van der Waals surface area contributed by atoms with Gasteiger partial charge in [-0.3, -0.25) is 4.79 Å². The maximum absolute atomic E-state index is 12.3. The maximum Gasteiger partial charge on any atom is 0.323 e. The minimum absolute atomic E-state index is 0.0664. The van der Waals surface area contributed by atoms with Gasteiger partial charge in [0, 0.05) is 6.54 Å². The number of ether oxygens (including phenoxy) is 1. The molecular formula is C11H19NO5S. The van der Waals surface area contributed by atoms with Gasteiger partial charge in [-0.1, -0.05) is 12.8 Å². The Bertz CT molecular complexity index is 419. The Kier molecular flexibility index (Phi) is 3.93. The van der Waals surface area contributed by atoms with Gasteiger partial charge >= 0.3 is 5.97 Å². The molecule has 0 aromatic carbocycles. The lowest BCUT2D eigenvalue weighted by Crippen LogP contribution is -2.57. The summed E-state index contributed by atoms with van der Waals surface area (Å²) in [4.78, 5) is 10.9. The first-order chi connectivity index (χ1) is 8.44. The summed E-state index contributed by atoms with van der Waals surface area (Å²) in [6, 6.07) is -0.181. The number of hydrogen-bond acceptors (Lipinski definition) is 4.